The van der Waals surface area contributed by atoms with E-state index in [2.05, 4.69) is 5.32 Å². The van der Waals surface area contributed by atoms with Gasteiger partial charge >= 0.3 is 0 Å². The molecule has 0 aliphatic rings. The average molecular weight is 267 g/mol. The maximum absolute atomic E-state index is 10.7. The molecule has 6 heteroatoms. The highest BCUT2D eigenvalue weighted by Crippen LogP contribution is 2.22. The number of nitrogens with one attached hydrogen (secondary N) is 1. The molecule has 0 amide bonds. The molecule has 1 aromatic rings. The van der Waals surface area contributed by atoms with Crippen LogP contribution in [-0.4, -0.2) is 47.7 Å². The molecule has 1 aromatic carbocycles. The summed E-state index contributed by atoms with van der Waals surface area (Å²) in [7, 11) is 3.79. The van der Waals surface area contributed by atoms with Crippen LogP contribution in [0.1, 0.15) is 12.5 Å². The summed E-state index contributed by atoms with van der Waals surface area (Å²) in [5.74, 6) is 0. The summed E-state index contributed by atoms with van der Waals surface area (Å²) < 4.78 is 0. The Labute approximate surface area is 113 Å². The Bertz CT molecular complexity index is 458. The predicted octanol–water partition coefficient (Wildman–Crippen LogP) is 1.63. The summed E-state index contributed by atoms with van der Waals surface area (Å²) in [6, 6.07) is 4.83. The summed E-state index contributed by atoms with van der Waals surface area (Å²) in [4.78, 5) is 12.2. The van der Waals surface area contributed by atoms with Gasteiger partial charge in [0, 0.05) is 30.4 Å². The second-order valence-corrected chi connectivity index (χ2v) is 5.35. The lowest BCUT2D eigenvalue weighted by Crippen LogP contribution is -2.43. The average Bonchev–Trinajstić information content (AvgIpc) is 2.24. The lowest BCUT2D eigenvalue weighted by atomic mass is 10.1. The Morgan fingerprint density at radius 3 is 2.58 bits per heavy atom. The van der Waals surface area contributed by atoms with Crippen LogP contribution >= 0.6 is 0 Å². The Kier molecular flexibility index (Phi) is 4.85. The molecule has 0 spiro atoms. The van der Waals surface area contributed by atoms with Crippen molar-refractivity contribution in [3.8, 4) is 0 Å². The van der Waals surface area contributed by atoms with E-state index >= 15 is 0 Å². The standard InChI is InChI=1S/C13H21N3O3/c1-10-7-11(5-6-12(10)16(18)19)14-8-13(2,17)9-15(3)4/h5-7,14,17H,8-9H2,1-4H3. The largest absolute Gasteiger partial charge is 0.387 e. The number of hydrogen-bond donors (Lipinski definition) is 2. The number of aliphatic hydroxyl groups is 1. The topological polar surface area (TPSA) is 78.6 Å². The third-order valence-corrected chi connectivity index (χ3v) is 2.72. The molecular formula is C13H21N3O3. The zero-order valence-corrected chi connectivity index (χ0v) is 11.8. The van der Waals surface area contributed by atoms with Crippen molar-refractivity contribution in [2.24, 2.45) is 0 Å². The molecule has 0 aliphatic heterocycles. The van der Waals surface area contributed by atoms with Gasteiger partial charge in [0.2, 0.25) is 0 Å². The number of nitrogens with zero attached hydrogens (tertiary/aromatic N) is 2. The Morgan fingerprint density at radius 2 is 2.11 bits per heavy atom. The van der Waals surface area contributed by atoms with Gasteiger partial charge in [-0.15, -0.1) is 0 Å². The minimum atomic E-state index is -0.862. The number of nitro groups is 1. The third kappa shape index (κ3) is 4.84. The van der Waals surface area contributed by atoms with Gasteiger partial charge < -0.3 is 15.3 Å². The summed E-state index contributed by atoms with van der Waals surface area (Å²) in [6.45, 7) is 4.36. The fourth-order valence-electron chi connectivity index (χ4n) is 2.00. The maximum atomic E-state index is 10.7. The van der Waals surface area contributed by atoms with Crippen LogP contribution in [0.3, 0.4) is 0 Å². The van der Waals surface area contributed by atoms with E-state index in [0.29, 0.717) is 18.7 Å². The molecule has 1 rings (SSSR count). The van der Waals surface area contributed by atoms with Crippen molar-refractivity contribution in [3.63, 3.8) is 0 Å². The van der Waals surface area contributed by atoms with Crippen molar-refractivity contribution in [1.29, 1.82) is 0 Å². The second kappa shape index (κ2) is 5.99. The predicted molar refractivity (Wildman–Crippen MR) is 75.5 cm³/mol. The van der Waals surface area contributed by atoms with Crippen LogP contribution in [0.2, 0.25) is 0 Å². The molecule has 6 nitrogen and oxygen atoms in total. The number of anilines is 1. The summed E-state index contributed by atoms with van der Waals surface area (Å²) in [6.07, 6.45) is 0. The first-order valence-electron chi connectivity index (χ1n) is 6.07. The van der Waals surface area contributed by atoms with Crippen molar-refractivity contribution in [1.82, 2.24) is 4.90 Å². The van der Waals surface area contributed by atoms with Crippen LogP contribution in [0, 0.1) is 17.0 Å². The molecule has 2 N–H and O–H groups in total. The highest BCUT2D eigenvalue weighted by Gasteiger charge is 2.21. The summed E-state index contributed by atoms with van der Waals surface area (Å²) in [5.41, 5.74) is 0.606. The molecule has 1 unspecified atom stereocenters. The molecule has 0 aliphatic carbocycles. The van der Waals surface area contributed by atoms with Gasteiger partial charge in [0.1, 0.15) is 0 Å². The number of benzene rings is 1. The SMILES string of the molecule is Cc1cc(NCC(C)(O)CN(C)C)ccc1[N+](=O)[O-]. The fraction of sp³-hybridized carbons (Fsp3) is 0.538. The van der Waals surface area contributed by atoms with Crippen LogP contribution in [0.15, 0.2) is 18.2 Å². The van der Waals surface area contributed by atoms with Gasteiger partial charge in [-0.05, 0) is 40.1 Å². The van der Waals surface area contributed by atoms with Gasteiger partial charge in [-0.25, -0.2) is 0 Å². The molecule has 0 saturated carbocycles. The first-order valence-corrected chi connectivity index (χ1v) is 6.07. The fourth-order valence-corrected chi connectivity index (χ4v) is 2.00. The Hall–Kier alpha value is -1.66. The Morgan fingerprint density at radius 1 is 1.47 bits per heavy atom. The molecule has 19 heavy (non-hydrogen) atoms. The molecule has 0 aromatic heterocycles. The van der Waals surface area contributed by atoms with E-state index < -0.39 is 10.5 Å². The van der Waals surface area contributed by atoms with Crippen molar-refractivity contribution in [3.05, 3.63) is 33.9 Å². The molecular weight excluding hydrogens is 246 g/mol. The number of aryl methyl sites for hydroxylation is 1. The lowest BCUT2D eigenvalue weighted by molar-refractivity contribution is -0.385. The first-order chi connectivity index (χ1) is 8.71. The van der Waals surface area contributed by atoms with Gasteiger partial charge in [0.25, 0.3) is 5.69 Å². The molecule has 0 heterocycles. The number of likely N-dealkylation sites (N-methyl/N-ethyl adjacent to an activating group) is 1. The van der Waals surface area contributed by atoms with E-state index in [1.165, 1.54) is 6.07 Å². The highest BCUT2D eigenvalue weighted by molar-refractivity contribution is 5.53. The van der Waals surface area contributed by atoms with E-state index in [4.69, 9.17) is 0 Å². The molecule has 106 valence electrons. The molecule has 0 bridgehead atoms. The van der Waals surface area contributed by atoms with Crippen molar-refractivity contribution < 1.29 is 10.0 Å². The smallest absolute Gasteiger partial charge is 0.272 e. The van der Waals surface area contributed by atoms with E-state index in [1.54, 1.807) is 26.0 Å². The monoisotopic (exact) mass is 267 g/mol. The van der Waals surface area contributed by atoms with Gasteiger partial charge in [-0.3, -0.25) is 10.1 Å². The minimum Gasteiger partial charge on any atom is -0.387 e. The zero-order valence-electron chi connectivity index (χ0n) is 11.8. The van der Waals surface area contributed by atoms with E-state index in [1.807, 2.05) is 19.0 Å². The molecule has 0 fully saturated rings. The number of hydrogen-bond acceptors (Lipinski definition) is 5. The van der Waals surface area contributed by atoms with E-state index in [9.17, 15) is 15.2 Å². The van der Waals surface area contributed by atoms with Crippen LogP contribution in [0.25, 0.3) is 0 Å². The lowest BCUT2D eigenvalue weighted by Gasteiger charge is -2.27. The number of rotatable bonds is 6. The molecule has 1 atom stereocenters. The van der Waals surface area contributed by atoms with Crippen molar-refractivity contribution >= 4 is 11.4 Å². The van der Waals surface area contributed by atoms with Gasteiger partial charge in [0.15, 0.2) is 0 Å². The van der Waals surface area contributed by atoms with Crippen molar-refractivity contribution in [2.75, 3.05) is 32.5 Å². The van der Waals surface area contributed by atoms with Gasteiger partial charge in [0.05, 0.1) is 10.5 Å². The van der Waals surface area contributed by atoms with E-state index in [0.717, 1.165) is 5.69 Å². The molecule has 0 saturated heterocycles. The van der Waals surface area contributed by atoms with Gasteiger partial charge in [-0.1, -0.05) is 0 Å². The van der Waals surface area contributed by atoms with Crippen LogP contribution < -0.4 is 5.32 Å². The third-order valence-electron chi connectivity index (χ3n) is 2.72. The van der Waals surface area contributed by atoms with Crippen molar-refractivity contribution in [2.45, 2.75) is 19.4 Å². The summed E-state index contributed by atoms with van der Waals surface area (Å²) >= 11 is 0. The van der Waals surface area contributed by atoms with Crippen LogP contribution in [-0.2, 0) is 0 Å². The normalized spacial score (nSPS) is 14.2. The minimum absolute atomic E-state index is 0.102. The first kappa shape index (κ1) is 15.4. The quantitative estimate of drug-likeness (QED) is 0.605. The number of nitro benzene ring substituents is 1. The van der Waals surface area contributed by atoms with Crippen LogP contribution in [0.4, 0.5) is 11.4 Å². The molecule has 0 radical (unpaired) electrons. The van der Waals surface area contributed by atoms with Crippen LogP contribution in [0.5, 0.6) is 0 Å². The highest BCUT2D eigenvalue weighted by atomic mass is 16.6. The summed E-state index contributed by atoms with van der Waals surface area (Å²) in [5, 5.41) is 24.0. The zero-order chi connectivity index (χ0) is 14.6. The maximum Gasteiger partial charge on any atom is 0.272 e. The van der Waals surface area contributed by atoms with Gasteiger partial charge in [-0.2, -0.15) is 0 Å². The van der Waals surface area contributed by atoms with E-state index in [-0.39, 0.29) is 5.69 Å². The Balaban J connectivity index is 2.69. The second-order valence-electron chi connectivity index (χ2n) is 5.35.